The Balaban J connectivity index is 2.24. The number of rotatable bonds is 6. The highest BCUT2D eigenvalue weighted by Crippen LogP contribution is 2.26. The molecule has 0 bridgehead atoms. The van der Waals surface area contributed by atoms with Gasteiger partial charge in [0.1, 0.15) is 0 Å². The van der Waals surface area contributed by atoms with Gasteiger partial charge in [0.15, 0.2) is 0 Å². The molecule has 0 heterocycles. The molecule has 0 fully saturated rings. The van der Waals surface area contributed by atoms with Crippen molar-refractivity contribution in [2.24, 2.45) is 0 Å². The average molecular weight is 317 g/mol. The summed E-state index contributed by atoms with van der Waals surface area (Å²) in [6, 6.07) is 17.3. The van der Waals surface area contributed by atoms with E-state index in [0.29, 0.717) is 11.6 Å². The van der Waals surface area contributed by atoms with Crippen molar-refractivity contribution in [1.29, 1.82) is 0 Å². The van der Waals surface area contributed by atoms with Crippen molar-refractivity contribution in [3.8, 4) is 0 Å². The van der Waals surface area contributed by atoms with E-state index < -0.39 is 0 Å². The summed E-state index contributed by atoms with van der Waals surface area (Å²) < 4.78 is 0. The number of amides is 1. The van der Waals surface area contributed by atoms with Gasteiger partial charge in [-0.25, -0.2) is 0 Å². The number of nitrogens with one attached hydrogen (secondary N) is 1. The van der Waals surface area contributed by atoms with Crippen LogP contribution in [0.1, 0.15) is 17.0 Å². The molecule has 0 saturated carbocycles. The molecule has 1 atom stereocenters. The van der Waals surface area contributed by atoms with Gasteiger partial charge >= 0.3 is 0 Å². The molecule has 0 spiro atoms. The molecule has 22 heavy (non-hydrogen) atoms. The molecule has 0 aliphatic carbocycles. The molecule has 116 valence electrons. The topological polar surface area (TPSA) is 32.3 Å². The summed E-state index contributed by atoms with van der Waals surface area (Å²) in [6.45, 7) is 1.43. The standard InChI is InChI=1S/C18H21ClN2O/c1-21(2)12-11-20-18(22)17(14-7-4-3-5-8-14)15-9-6-10-16(19)13-15/h3-10,13,17H,11-12H2,1-2H3,(H,20,22). The van der Waals surface area contributed by atoms with Crippen LogP contribution in [0.15, 0.2) is 54.6 Å². The van der Waals surface area contributed by atoms with Gasteiger partial charge in [0.05, 0.1) is 5.92 Å². The first-order valence-corrected chi connectivity index (χ1v) is 7.68. The summed E-state index contributed by atoms with van der Waals surface area (Å²) in [7, 11) is 3.97. The number of likely N-dealkylation sites (N-methyl/N-ethyl adjacent to an activating group) is 1. The van der Waals surface area contributed by atoms with E-state index in [1.54, 1.807) is 0 Å². The maximum atomic E-state index is 12.7. The lowest BCUT2D eigenvalue weighted by molar-refractivity contribution is -0.121. The van der Waals surface area contributed by atoms with Crippen LogP contribution in [0.2, 0.25) is 5.02 Å². The fourth-order valence-electron chi connectivity index (χ4n) is 2.33. The molecule has 2 rings (SSSR count). The van der Waals surface area contributed by atoms with Crippen LogP contribution in [0, 0.1) is 0 Å². The Kier molecular flexibility index (Phi) is 5.99. The molecule has 1 N–H and O–H groups in total. The zero-order valence-corrected chi connectivity index (χ0v) is 13.7. The van der Waals surface area contributed by atoms with Crippen molar-refractivity contribution in [2.45, 2.75) is 5.92 Å². The summed E-state index contributed by atoms with van der Waals surface area (Å²) in [5.74, 6) is -0.350. The maximum Gasteiger partial charge on any atom is 0.232 e. The number of carbonyl (C=O) groups excluding carboxylic acids is 1. The largest absolute Gasteiger partial charge is 0.354 e. The number of hydrogen-bond donors (Lipinski definition) is 1. The molecule has 0 aromatic heterocycles. The summed E-state index contributed by atoms with van der Waals surface area (Å²) in [5.41, 5.74) is 1.87. The molecule has 3 nitrogen and oxygen atoms in total. The second-order valence-electron chi connectivity index (χ2n) is 5.49. The third-order valence-electron chi connectivity index (χ3n) is 3.44. The minimum absolute atomic E-state index is 0.00434. The van der Waals surface area contributed by atoms with E-state index >= 15 is 0 Å². The van der Waals surface area contributed by atoms with Gasteiger partial charge < -0.3 is 10.2 Å². The van der Waals surface area contributed by atoms with Crippen LogP contribution < -0.4 is 5.32 Å². The Morgan fingerprint density at radius 3 is 2.41 bits per heavy atom. The van der Waals surface area contributed by atoms with Gasteiger partial charge in [-0.3, -0.25) is 4.79 Å². The van der Waals surface area contributed by atoms with Gasteiger partial charge in [0, 0.05) is 18.1 Å². The highest BCUT2D eigenvalue weighted by molar-refractivity contribution is 6.30. The summed E-state index contributed by atoms with van der Waals surface area (Å²) in [6.07, 6.45) is 0. The van der Waals surface area contributed by atoms with E-state index in [-0.39, 0.29) is 11.8 Å². The van der Waals surface area contributed by atoms with E-state index in [9.17, 15) is 4.79 Å². The molecular weight excluding hydrogens is 296 g/mol. The summed E-state index contributed by atoms with van der Waals surface area (Å²) in [4.78, 5) is 14.7. The van der Waals surface area contributed by atoms with Crippen LogP contribution in [0.3, 0.4) is 0 Å². The molecule has 2 aromatic carbocycles. The zero-order valence-electron chi connectivity index (χ0n) is 12.9. The van der Waals surface area contributed by atoms with Gasteiger partial charge in [0.25, 0.3) is 0 Å². The van der Waals surface area contributed by atoms with Gasteiger partial charge in [-0.1, -0.05) is 54.1 Å². The number of benzene rings is 2. The van der Waals surface area contributed by atoms with Gasteiger partial charge in [-0.15, -0.1) is 0 Å². The van der Waals surface area contributed by atoms with Crippen LogP contribution in [0.5, 0.6) is 0 Å². The van der Waals surface area contributed by atoms with Crippen LogP contribution >= 0.6 is 11.6 Å². The molecule has 0 aliphatic rings. The molecule has 2 aromatic rings. The predicted molar refractivity (Wildman–Crippen MR) is 91.3 cm³/mol. The Morgan fingerprint density at radius 2 is 1.77 bits per heavy atom. The average Bonchev–Trinajstić information content (AvgIpc) is 2.48. The van der Waals surface area contributed by atoms with Crippen molar-refractivity contribution in [3.63, 3.8) is 0 Å². The van der Waals surface area contributed by atoms with Crippen LogP contribution in [0.25, 0.3) is 0 Å². The quantitative estimate of drug-likeness (QED) is 0.888. The third-order valence-corrected chi connectivity index (χ3v) is 3.67. The first-order valence-electron chi connectivity index (χ1n) is 7.31. The van der Waals surface area contributed by atoms with Crippen molar-refractivity contribution < 1.29 is 4.79 Å². The van der Waals surface area contributed by atoms with E-state index in [0.717, 1.165) is 17.7 Å². The second kappa shape index (κ2) is 7.97. The molecule has 1 amide bonds. The van der Waals surface area contributed by atoms with E-state index in [2.05, 4.69) is 5.32 Å². The van der Waals surface area contributed by atoms with Crippen LogP contribution in [-0.2, 0) is 4.79 Å². The first-order chi connectivity index (χ1) is 10.6. The predicted octanol–water partition coefficient (Wildman–Crippen LogP) is 3.15. The number of halogens is 1. The first kappa shape index (κ1) is 16.5. The molecular formula is C18H21ClN2O. The molecule has 0 aliphatic heterocycles. The van der Waals surface area contributed by atoms with Crippen molar-refractivity contribution in [3.05, 3.63) is 70.7 Å². The summed E-state index contributed by atoms with van der Waals surface area (Å²) in [5, 5.41) is 3.65. The van der Waals surface area contributed by atoms with Gasteiger partial charge in [-0.2, -0.15) is 0 Å². The fraction of sp³-hybridized carbons (Fsp3) is 0.278. The van der Waals surface area contributed by atoms with Gasteiger partial charge in [0.2, 0.25) is 5.91 Å². The van der Waals surface area contributed by atoms with Crippen molar-refractivity contribution >= 4 is 17.5 Å². The third kappa shape index (κ3) is 4.58. The highest BCUT2D eigenvalue weighted by Gasteiger charge is 2.22. The molecule has 0 radical (unpaired) electrons. The fourth-order valence-corrected chi connectivity index (χ4v) is 2.53. The summed E-state index contributed by atoms with van der Waals surface area (Å²) >= 11 is 6.09. The van der Waals surface area contributed by atoms with Crippen LogP contribution in [0.4, 0.5) is 0 Å². The van der Waals surface area contributed by atoms with Crippen molar-refractivity contribution in [1.82, 2.24) is 10.2 Å². The Morgan fingerprint density at radius 1 is 1.09 bits per heavy atom. The zero-order chi connectivity index (χ0) is 15.9. The monoisotopic (exact) mass is 316 g/mol. The Labute approximate surface area is 136 Å². The smallest absolute Gasteiger partial charge is 0.232 e. The second-order valence-corrected chi connectivity index (χ2v) is 5.93. The van der Waals surface area contributed by atoms with E-state index in [1.165, 1.54) is 0 Å². The molecule has 0 saturated heterocycles. The SMILES string of the molecule is CN(C)CCNC(=O)C(c1ccccc1)c1cccc(Cl)c1. The number of carbonyl (C=O) groups is 1. The van der Waals surface area contributed by atoms with E-state index in [4.69, 9.17) is 11.6 Å². The van der Waals surface area contributed by atoms with Gasteiger partial charge in [-0.05, 0) is 37.4 Å². The Hall–Kier alpha value is -1.84. The number of nitrogens with zero attached hydrogens (tertiary/aromatic N) is 1. The van der Waals surface area contributed by atoms with Crippen LogP contribution in [-0.4, -0.2) is 38.0 Å². The normalized spacial score (nSPS) is 12.2. The molecule has 4 heteroatoms. The lowest BCUT2D eigenvalue weighted by Crippen LogP contribution is -2.35. The minimum Gasteiger partial charge on any atom is -0.354 e. The Bertz CT molecular complexity index is 613. The minimum atomic E-state index is -0.345. The lowest BCUT2D eigenvalue weighted by atomic mass is 9.90. The maximum absolute atomic E-state index is 12.7. The number of hydrogen-bond acceptors (Lipinski definition) is 2. The lowest BCUT2D eigenvalue weighted by Gasteiger charge is -2.19. The molecule has 1 unspecified atom stereocenters. The van der Waals surface area contributed by atoms with E-state index in [1.807, 2.05) is 73.6 Å². The van der Waals surface area contributed by atoms with Crippen molar-refractivity contribution in [2.75, 3.05) is 27.2 Å². The highest BCUT2D eigenvalue weighted by atomic mass is 35.5.